The molecule has 1 N–H and O–H groups in total. The maximum Gasteiger partial charge on any atom is 0.407 e. The number of likely N-dealkylation sites (tertiary alicyclic amines) is 1. The summed E-state index contributed by atoms with van der Waals surface area (Å²) in [6.45, 7) is 10.8. The van der Waals surface area contributed by atoms with Crippen LogP contribution in [0, 0.1) is 5.41 Å². The van der Waals surface area contributed by atoms with Gasteiger partial charge in [0.05, 0.1) is 4.88 Å². The molecule has 8 nitrogen and oxygen atoms in total. The summed E-state index contributed by atoms with van der Waals surface area (Å²) in [5.41, 5.74) is -0.801. The molecule has 0 unspecified atom stereocenters. The SMILES string of the molecule is CC(C)(C)OC(=O)N[C@@H]1CCN(C(=O)CCc2nc(-c3cccs3)no2)CC1(C)C. The van der Waals surface area contributed by atoms with Crippen molar-refractivity contribution in [2.75, 3.05) is 13.1 Å². The van der Waals surface area contributed by atoms with Gasteiger partial charge >= 0.3 is 6.09 Å². The molecule has 1 fully saturated rings. The fourth-order valence-electron chi connectivity index (χ4n) is 3.52. The highest BCUT2D eigenvalue weighted by molar-refractivity contribution is 7.13. The van der Waals surface area contributed by atoms with Gasteiger partial charge in [0.25, 0.3) is 0 Å². The summed E-state index contributed by atoms with van der Waals surface area (Å²) in [5.74, 6) is 1.07. The van der Waals surface area contributed by atoms with Gasteiger partial charge in [0.2, 0.25) is 17.6 Å². The molecule has 9 heteroatoms. The normalized spacial score (nSPS) is 18.8. The highest BCUT2D eigenvalue weighted by Crippen LogP contribution is 2.30. The maximum atomic E-state index is 12.7. The lowest BCUT2D eigenvalue weighted by Gasteiger charge is -2.44. The lowest BCUT2D eigenvalue weighted by Crippen LogP contribution is -2.57. The molecule has 30 heavy (non-hydrogen) atoms. The molecule has 0 spiro atoms. The molecule has 1 aliphatic rings. The van der Waals surface area contributed by atoms with Gasteiger partial charge in [0.15, 0.2) is 0 Å². The molecule has 2 aromatic heterocycles. The predicted molar refractivity (Wildman–Crippen MR) is 114 cm³/mol. The van der Waals surface area contributed by atoms with E-state index in [9.17, 15) is 9.59 Å². The fraction of sp³-hybridized carbons (Fsp3) is 0.619. The molecule has 3 rings (SSSR count). The topological polar surface area (TPSA) is 97.6 Å². The van der Waals surface area contributed by atoms with Crippen LogP contribution in [-0.4, -0.2) is 51.8 Å². The number of aromatic nitrogens is 2. The number of aryl methyl sites for hydroxylation is 1. The molecule has 0 radical (unpaired) electrons. The van der Waals surface area contributed by atoms with Crippen molar-refractivity contribution in [3.63, 3.8) is 0 Å². The van der Waals surface area contributed by atoms with Gasteiger partial charge in [-0.3, -0.25) is 4.79 Å². The molecule has 0 saturated carbocycles. The Morgan fingerprint density at radius 2 is 2.17 bits per heavy atom. The zero-order valence-electron chi connectivity index (χ0n) is 18.2. The third kappa shape index (κ3) is 5.81. The average Bonchev–Trinajstić information content (AvgIpc) is 3.30. The van der Waals surface area contributed by atoms with Crippen LogP contribution < -0.4 is 5.32 Å². The van der Waals surface area contributed by atoms with E-state index in [0.717, 1.165) is 4.88 Å². The number of carbonyl (C=O) groups is 2. The molecule has 1 aliphatic heterocycles. The Kier molecular flexibility index (Phi) is 6.50. The van der Waals surface area contributed by atoms with E-state index in [0.29, 0.717) is 44.1 Å². The fourth-order valence-corrected chi connectivity index (χ4v) is 4.17. The summed E-state index contributed by atoms with van der Waals surface area (Å²) >= 11 is 1.54. The molecule has 1 saturated heterocycles. The number of hydrogen-bond donors (Lipinski definition) is 1. The third-order valence-electron chi connectivity index (χ3n) is 5.04. The van der Waals surface area contributed by atoms with Gasteiger partial charge < -0.3 is 19.5 Å². The number of nitrogens with zero attached hydrogens (tertiary/aromatic N) is 3. The van der Waals surface area contributed by atoms with Gasteiger partial charge in [0.1, 0.15) is 5.60 Å². The number of piperidine rings is 1. The molecule has 0 aliphatic carbocycles. The lowest BCUT2D eigenvalue weighted by atomic mass is 9.79. The van der Waals surface area contributed by atoms with Gasteiger partial charge in [-0.15, -0.1) is 11.3 Å². The van der Waals surface area contributed by atoms with Crippen molar-refractivity contribution in [1.82, 2.24) is 20.4 Å². The largest absolute Gasteiger partial charge is 0.444 e. The lowest BCUT2D eigenvalue weighted by molar-refractivity contribution is -0.134. The summed E-state index contributed by atoms with van der Waals surface area (Å²) in [7, 11) is 0. The zero-order valence-corrected chi connectivity index (χ0v) is 19.0. The smallest absolute Gasteiger partial charge is 0.407 e. The van der Waals surface area contributed by atoms with Gasteiger partial charge in [-0.25, -0.2) is 4.79 Å². The Morgan fingerprint density at radius 1 is 1.40 bits per heavy atom. The van der Waals surface area contributed by atoms with E-state index in [-0.39, 0.29) is 17.4 Å². The van der Waals surface area contributed by atoms with Gasteiger partial charge in [-0.05, 0) is 38.6 Å². The van der Waals surface area contributed by atoms with Crippen molar-refractivity contribution in [2.24, 2.45) is 5.41 Å². The zero-order chi connectivity index (χ0) is 21.9. The van der Waals surface area contributed by atoms with E-state index >= 15 is 0 Å². The van der Waals surface area contributed by atoms with Gasteiger partial charge in [0, 0.05) is 37.4 Å². The number of alkyl carbamates (subject to hydrolysis) is 1. The molecular formula is C21H30N4O4S. The first-order valence-corrected chi connectivity index (χ1v) is 11.1. The Balaban J connectivity index is 1.50. The molecule has 1 atom stereocenters. The first-order valence-electron chi connectivity index (χ1n) is 10.2. The Hall–Kier alpha value is -2.42. The number of hydrogen-bond acceptors (Lipinski definition) is 7. The second kappa shape index (κ2) is 8.75. The van der Waals surface area contributed by atoms with Crippen LogP contribution in [0.4, 0.5) is 4.79 Å². The Labute approximate surface area is 181 Å². The van der Waals surface area contributed by atoms with E-state index < -0.39 is 11.7 Å². The quantitative estimate of drug-likeness (QED) is 0.767. The number of ether oxygens (including phenoxy) is 1. The third-order valence-corrected chi connectivity index (χ3v) is 5.90. The minimum atomic E-state index is -0.539. The maximum absolute atomic E-state index is 12.7. The number of nitrogens with one attached hydrogen (secondary N) is 1. The first kappa shape index (κ1) is 22.3. The summed E-state index contributed by atoms with van der Waals surface area (Å²) in [6, 6.07) is 3.81. The van der Waals surface area contributed by atoms with Crippen LogP contribution in [0.25, 0.3) is 10.7 Å². The van der Waals surface area contributed by atoms with Crippen molar-refractivity contribution in [2.45, 2.75) is 65.5 Å². The average molecular weight is 435 g/mol. The molecule has 2 amide bonds. The second-order valence-corrected chi connectivity index (χ2v) is 10.2. The number of thiophene rings is 1. The molecule has 3 heterocycles. The highest BCUT2D eigenvalue weighted by atomic mass is 32.1. The summed E-state index contributed by atoms with van der Waals surface area (Å²) in [6.07, 6.45) is 0.986. The van der Waals surface area contributed by atoms with Crippen LogP contribution in [0.3, 0.4) is 0 Å². The number of amides is 2. The highest BCUT2D eigenvalue weighted by Gasteiger charge is 2.39. The molecular weight excluding hydrogens is 404 g/mol. The van der Waals surface area contributed by atoms with Crippen LogP contribution in [0.5, 0.6) is 0 Å². The van der Waals surface area contributed by atoms with Crippen LogP contribution in [-0.2, 0) is 16.0 Å². The number of carbonyl (C=O) groups excluding carboxylic acids is 2. The monoisotopic (exact) mass is 434 g/mol. The van der Waals surface area contributed by atoms with Gasteiger partial charge in [-0.2, -0.15) is 4.98 Å². The molecule has 2 aromatic rings. The van der Waals surface area contributed by atoms with Crippen molar-refractivity contribution >= 4 is 23.3 Å². The molecule has 0 bridgehead atoms. The molecule has 0 aromatic carbocycles. The minimum absolute atomic E-state index is 0.0506. The van der Waals surface area contributed by atoms with E-state index in [1.165, 1.54) is 0 Å². The second-order valence-electron chi connectivity index (χ2n) is 9.28. The minimum Gasteiger partial charge on any atom is -0.444 e. The van der Waals surface area contributed by atoms with Crippen LogP contribution in [0.1, 0.15) is 53.4 Å². The van der Waals surface area contributed by atoms with Crippen molar-refractivity contribution < 1.29 is 18.8 Å². The van der Waals surface area contributed by atoms with E-state index in [1.54, 1.807) is 11.3 Å². The van der Waals surface area contributed by atoms with Crippen molar-refractivity contribution in [3.8, 4) is 10.7 Å². The summed E-state index contributed by atoms with van der Waals surface area (Å²) in [5, 5.41) is 8.91. The van der Waals surface area contributed by atoms with E-state index in [1.807, 2.05) is 43.2 Å². The van der Waals surface area contributed by atoms with E-state index in [4.69, 9.17) is 9.26 Å². The van der Waals surface area contributed by atoms with Crippen LogP contribution >= 0.6 is 11.3 Å². The first-order chi connectivity index (χ1) is 14.0. The van der Waals surface area contributed by atoms with E-state index in [2.05, 4.69) is 29.3 Å². The van der Waals surface area contributed by atoms with Crippen LogP contribution in [0.2, 0.25) is 0 Å². The predicted octanol–water partition coefficient (Wildman–Crippen LogP) is 3.88. The Bertz CT molecular complexity index is 870. The summed E-state index contributed by atoms with van der Waals surface area (Å²) in [4.78, 5) is 32.0. The number of rotatable bonds is 5. The van der Waals surface area contributed by atoms with Gasteiger partial charge in [-0.1, -0.05) is 25.1 Å². The van der Waals surface area contributed by atoms with Crippen molar-refractivity contribution in [3.05, 3.63) is 23.4 Å². The Morgan fingerprint density at radius 3 is 2.80 bits per heavy atom. The standard InChI is InChI=1S/C21H30N4O4S/c1-20(2,3)28-19(27)22-15-10-11-25(13-21(15,4)5)17(26)9-8-16-23-18(24-29-16)14-7-6-12-30-14/h6-7,12,15H,8-11,13H2,1-5H3,(H,22,27)/t15-/m1/s1. The molecule has 164 valence electrons. The summed E-state index contributed by atoms with van der Waals surface area (Å²) < 4.78 is 10.7. The van der Waals surface area contributed by atoms with Crippen molar-refractivity contribution in [1.29, 1.82) is 0 Å². The van der Waals surface area contributed by atoms with Crippen LogP contribution in [0.15, 0.2) is 22.0 Å².